The summed E-state index contributed by atoms with van der Waals surface area (Å²) in [6.45, 7) is 1.87. The quantitative estimate of drug-likeness (QED) is 0.519. The number of nitrogens with zero attached hydrogens (tertiary/aromatic N) is 2. The molecule has 1 aromatic heterocycles. The molecule has 3 rings (SSSR count). The molecule has 138 valence electrons. The number of nitrogens with one attached hydrogen (secondary N) is 1. The number of carbonyl (C=O) groups excluding carboxylic acids is 1. The van der Waals surface area contributed by atoms with E-state index < -0.39 is 0 Å². The predicted octanol–water partition coefficient (Wildman–Crippen LogP) is 3.90. The van der Waals surface area contributed by atoms with Crippen LogP contribution in [0.3, 0.4) is 0 Å². The summed E-state index contributed by atoms with van der Waals surface area (Å²) in [5.74, 6) is 0.929. The minimum Gasteiger partial charge on any atom is -0.497 e. The summed E-state index contributed by atoms with van der Waals surface area (Å²) in [7, 11) is 3.15. The van der Waals surface area contributed by atoms with Crippen molar-refractivity contribution < 1.29 is 14.3 Å². The van der Waals surface area contributed by atoms with Gasteiger partial charge in [-0.25, -0.2) is 10.4 Å². The lowest BCUT2D eigenvalue weighted by molar-refractivity contribution is 0.0950. The molecule has 7 heteroatoms. The van der Waals surface area contributed by atoms with Crippen molar-refractivity contribution in [2.45, 2.75) is 6.92 Å². The van der Waals surface area contributed by atoms with Gasteiger partial charge in [0.1, 0.15) is 22.2 Å². The molecule has 27 heavy (non-hydrogen) atoms. The van der Waals surface area contributed by atoms with Crippen LogP contribution < -0.4 is 14.9 Å². The summed E-state index contributed by atoms with van der Waals surface area (Å²) in [6, 6.07) is 15.1. The molecule has 0 spiro atoms. The van der Waals surface area contributed by atoms with Crippen LogP contribution in [0.2, 0.25) is 0 Å². The summed E-state index contributed by atoms with van der Waals surface area (Å²) in [6.07, 6.45) is 1.52. The number of thiazole rings is 1. The molecule has 0 saturated heterocycles. The van der Waals surface area contributed by atoms with Crippen LogP contribution in [0, 0.1) is 6.92 Å². The lowest BCUT2D eigenvalue weighted by Gasteiger charge is -2.06. The van der Waals surface area contributed by atoms with E-state index in [0.29, 0.717) is 17.2 Å². The standard InChI is InChI=1S/C20H19N3O3S/c1-13-18(22-20(27-13)14-7-5-4-6-8-14)19(24)23-21-12-15-9-10-16(25-2)11-17(15)26-3/h4-12H,1-3H3,(H,23,24)/b21-12-. The Morgan fingerprint density at radius 2 is 1.93 bits per heavy atom. The Morgan fingerprint density at radius 3 is 2.63 bits per heavy atom. The SMILES string of the molecule is COc1ccc(/C=N\NC(=O)c2nc(-c3ccccc3)sc2C)c(OC)c1. The highest BCUT2D eigenvalue weighted by atomic mass is 32.1. The molecular weight excluding hydrogens is 362 g/mol. The van der Waals surface area contributed by atoms with Gasteiger partial charge in [-0.1, -0.05) is 30.3 Å². The topological polar surface area (TPSA) is 72.8 Å². The van der Waals surface area contributed by atoms with Gasteiger partial charge in [0.15, 0.2) is 0 Å². The van der Waals surface area contributed by atoms with Crippen LogP contribution in [0.15, 0.2) is 53.6 Å². The van der Waals surface area contributed by atoms with Crippen LogP contribution in [0.1, 0.15) is 20.9 Å². The molecule has 3 aromatic rings. The van der Waals surface area contributed by atoms with Crippen molar-refractivity contribution >= 4 is 23.5 Å². The van der Waals surface area contributed by atoms with Gasteiger partial charge in [0.05, 0.1) is 20.4 Å². The molecule has 0 fully saturated rings. The van der Waals surface area contributed by atoms with Gasteiger partial charge in [-0.2, -0.15) is 5.10 Å². The molecule has 0 aliphatic heterocycles. The second kappa shape index (κ2) is 8.46. The second-order valence-electron chi connectivity index (χ2n) is 5.60. The highest BCUT2D eigenvalue weighted by Crippen LogP contribution is 2.27. The monoisotopic (exact) mass is 381 g/mol. The number of methoxy groups -OCH3 is 2. The van der Waals surface area contributed by atoms with Crippen molar-refractivity contribution in [3.63, 3.8) is 0 Å². The number of benzene rings is 2. The molecule has 0 aliphatic rings. The molecule has 2 aromatic carbocycles. The number of carbonyl (C=O) groups is 1. The number of hydrogen-bond acceptors (Lipinski definition) is 6. The fourth-order valence-electron chi connectivity index (χ4n) is 2.45. The Morgan fingerprint density at radius 1 is 1.15 bits per heavy atom. The summed E-state index contributed by atoms with van der Waals surface area (Å²) in [5, 5.41) is 4.83. The van der Waals surface area contributed by atoms with E-state index in [1.807, 2.05) is 37.3 Å². The third kappa shape index (κ3) is 4.32. The van der Waals surface area contributed by atoms with Gasteiger partial charge in [0, 0.05) is 22.1 Å². The van der Waals surface area contributed by atoms with Crippen molar-refractivity contribution in [1.29, 1.82) is 0 Å². The smallest absolute Gasteiger partial charge is 0.291 e. The minimum absolute atomic E-state index is 0.352. The normalized spacial score (nSPS) is 10.8. The zero-order valence-corrected chi connectivity index (χ0v) is 16.0. The number of aryl methyl sites for hydroxylation is 1. The van der Waals surface area contributed by atoms with E-state index in [1.165, 1.54) is 17.6 Å². The average Bonchev–Trinajstić information content (AvgIpc) is 3.10. The first-order chi connectivity index (χ1) is 13.1. The zero-order valence-electron chi connectivity index (χ0n) is 15.2. The summed E-state index contributed by atoms with van der Waals surface area (Å²) in [5.41, 5.74) is 4.60. The van der Waals surface area contributed by atoms with Gasteiger partial charge in [0.25, 0.3) is 5.91 Å². The Kier molecular flexibility index (Phi) is 5.83. The van der Waals surface area contributed by atoms with Gasteiger partial charge in [-0.05, 0) is 19.1 Å². The first kappa shape index (κ1) is 18.6. The predicted molar refractivity (Wildman–Crippen MR) is 107 cm³/mol. The molecule has 6 nitrogen and oxygen atoms in total. The summed E-state index contributed by atoms with van der Waals surface area (Å²) in [4.78, 5) is 17.7. The summed E-state index contributed by atoms with van der Waals surface area (Å²) >= 11 is 1.48. The molecule has 0 radical (unpaired) electrons. The fourth-order valence-corrected chi connectivity index (χ4v) is 3.37. The molecule has 0 saturated carbocycles. The maximum atomic E-state index is 12.4. The maximum absolute atomic E-state index is 12.4. The molecule has 0 unspecified atom stereocenters. The minimum atomic E-state index is -0.352. The molecule has 1 N–H and O–H groups in total. The largest absolute Gasteiger partial charge is 0.497 e. The van der Waals surface area contributed by atoms with Gasteiger partial charge < -0.3 is 9.47 Å². The molecule has 1 amide bonds. The summed E-state index contributed by atoms with van der Waals surface area (Å²) < 4.78 is 10.5. The van der Waals surface area contributed by atoms with E-state index in [4.69, 9.17) is 9.47 Å². The lowest BCUT2D eigenvalue weighted by Crippen LogP contribution is -2.19. The Balaban J connectivity index is 1.73. The van der Waals surface area contributed by atoms with Crippen molar-refractivity contribution in [3.8, 4) is 22.1 Å². The third-order valence-corrected chi connectivity index (χ3v) is 4.86. The Hall–Kier alpha value is -3.19. The van der Waals surface area contributed by atoms with Gasteiger partial charge >= 0.3 is 0 Å². The molecule has 0 atom stereocenters. The average molecular weight is 381 g/mol. The highest BCUT2D eigenvalue weighted by molar-refractivity contribution is 7.15. The van der Waals surface area contributed by atoms with E-state index in [0.717, 1.165) is 21.0 Å². The van der Waals surface area contributed by atoms with Gasteiger partial charge in [0.2, 0.25) is 0 Å². The Bertz CT molecular complexity index is 968. The third-order valence-electron chi connectivity index (χ3n) is 3.84. The van der Waals surface area contributed by atoms with Crippen LogP contribution in [0.25, 0.3) is 10.6 Å². The number of amides is 1. The van der Waals surface area contributed by atoms with Crippen LogP contribution in [-0.4, -0.2) is 31.3 Å². The Labute approximate surface area is 161 Å². The second-order valence-corrected chi connectivity index (χ2v) is 6.80. The van der Waals surface area contributed by atoms with Gasteiger partial charge in [-0.3, -0.25) is 4.79 Å². The van der Waals surface area contributed by atoms with Crippen LogP contribution in [0.5, 0.6) is 11.5 Å². The number of rotatable bonds is 6. The van der Waals surface area contributed by atoms with E-state index in [2.05, 4.69) is 15.5 Å². The zero-order chi connectivity index (χ0) is 19.2. The first-order valence-corrected chi connectivity index (χ1v) is 9.02. The molecule has 0 aliphatic carbocycles. The lowest BCUT2D eigenvalue weighted by atomic mass is 10.2. The van der Waals surface area contributed by atoms with Crippen molar-refractivity contribution in [1.82, 2.24) is 10.4 Å². The van der Waals surface area contributed by atoms with E-state index in [9.17, 15) is 4.79 Å². The number of aromatic nitrogens is 1. The van der Waals surface area contributed by atoms with Crippen LogP contribution in [-0.2, 0) is 0 Å². The van der Waals surface area contributed by atoms with Crippen LogP contribution in [0.4, 0.5) is 0 Å². The van der Waals surface area contributed by atoms with Crippen LogP contribution >= 0.6 is 11.3 Å². The molecule has 1 heterocycles. The van der Waals surface area contributed by atoms with Crippen molar-refractivity contribution in [3.05, 3.63) is 64.7 Å². The first-order valence-electron chi connectivity index (χ1n) is 8.20. The van der Waals surface area contributed by atoms with Crippen molar-refractivity contribution in [2.75, 3.05) is 14.2 Å². The maximum Gasteiger partial charge on any atom is 0.291 e. The molecule has 0 bridgehead atoms. The number of ether oxygens (including phenoxy) is 2. The van der Waals surface area contributed by atoms with Gasteiger partial charge in [-0.15, -0.1) is 11.3 Å². The van der Waals surface area contributed by atoms with E-state index in [1.54, 1.807) is 32.4 Å². The van der Waals surface area contributed by atoms with E-state index in [-0.39, 0.29) is 5.91 Å². The molecular formula is C20H19N3O3S. The van der Waals surface area contributed by atoms with E-state index >= 15 is 0 Å². The van der Waals surface area contributed by atoms with Crippen molar-refractivity contribution in [2.24, 2.45) is 5.10 Å². The number of hydrogen-bond donors (Lipinski definition) is 1. The number of hydrazone groups is 1. The highest BCUT2D eigenvalue weighted by Gasteiger charge is 2.15. The fraction of sp³-hybridized carbons (Fsp3) is 0.150.